The minimum Gasteiger partial charge on any atom is -0.496 e. The molecule has 0 radical (unpaired) electrons. The maximum absolute atomic E-state index is 12.7. The zero-order valence-corrected chi connectivity index (χ0v) is 16.0. The molecule has 0 unspecified atom stereocenters. The van der Waals surface area contributed by atoms with Crippen LogP contribution in [-0.2, 0) is 20.7 Å². The van der Waals surface area contributed by atoms with Gasteiger partial charge in [-0.2, -0.15) is 0 Å². The monoisotopic (exact) mass is 347 g/mol. The minimum absolute atomic E-state index is 0.0730. The number of aryl methyl sites for hydroxylation is 1. The number of hydrogen-bond donors (Lipinski definition) is 0. The fraction of sp³-hybridized carbons (Fsp3) is 0.600. The zero-order valence-electron chi connectivity index (χ0n) is 16.0. The van der Waals surface area contributed by atoms with Gasteiger partial charge in [-0.25, -0.2) is 0 Å². The Labute approximate surface area is 150 Å². The average Bonchev–Trinajstić information content (AvgIpc) is 2.60. The molecular formula is C20H29NO4. The van der Waals surface area contributed by atoms with Crippen LogP contribution in [0.15, 0.2) is 6.07 Å². The molecule has 0 aliphatic carbocycles. The molecule has 0 atom stereocenters. The van der Waals surface area contributed by atoms with Crippen molar-refractivity contribution in [3.05, 3.63) is 28.3 Å². The van der Waals surface area contributed by atoms with Gasteiger partial charge in [-0.15, -0.1) is 0 Å². The highest BCUT2D eigenvalue weighted by molar-refractivity contribution is 5.80. The Hall–Kier alpha value is -2.04. The first kappa shape index (κ1) is 19.3. The summed E-state index contributed by atoms with van der Waals surface area (Å²) in [7, 11) is 1.67. The van der Waals surface area contributed by atoms with Crippen LogP contribution in [0.5, 0.6) is 5.75 Å². The summed E-state index contributed by atoms with van der Waals surface area (Å²) in [5.74, 6) is 0.807. The second-order valence-corrected chi connectivity index (χ2v) is 6.72. The van der Waals surface area contributed by atoms with Crippen molar-refractivity contribution in [1.82, 2.24) is 4.90 Å². The number of piperidine rings is 1. The molecule has 0 aromatic heterocycles. The van der Waals surface area contributed by atoms with Crippen molar-refractivity contribution in [2.45, 2.75) is 47.0 Å². The summed E-state index contributed by atoms with van der Waals surface area (Å²) in [6.07, 6.45) is 1.76. The van der Waals surface area contributed by atoms with Crippen LogP contribution in [0.4, 0.5) is 0 Å². The molecule has 2 rings (SSSR count). The maximum atomic E-state index is 12.7. The number of benzene rings is 1. The number of rotatable bonds is 5. The van der Waals surface area contributed by atoms with E-state index in [0.29, 0.717) is 39.0 Å². The largest absolute Gasteiger partial charge is 0.496 e. The molecule has 5 heteroatoms. The second kappa shape index (κ2) is 8.37. The molecule has 1 amide bonds. The number of ether oxygens (including phenoxy) is 2. The molecule has 1 aromatic carbocycles. The molecule has 1 aliphatic rings. The number of nitrogens with zero attached hydrogens (tertiary/aromatic N) is 1. The fourth-order valence-corrected chi connectivity index (χ4v) is 3.54. The van der Waals surface area contributed by atoms with E-state index in [4.69, 9.17) is 9.47 Å². The van der Waals surface area contributed by atoms with Gasteiger partial charge >= 0.3 is 5.97 Å². The van der Waals surface area contributed by atoms with Crippen LogP contribution in [0.3, 0.4) is 0 Å². The van der Waals surface area contributed by atoms with Crippen LogP contribution in [0.1, 0.15) is 42.0 Å². The highest BCUT2D eigenvalue weighted by Crippen LogP contribution is 2.29. The standard InChI is InChI=1S/C20H29NO4/c1-6-25-20(23)16-7-9-21(10-8-16)18(22)12-17-11-13(2)19(24-5)15(4)14(17)3/h11,16H,6-10,12H2,1-5H3. The summed E-state index contributed by atoms with van der Waals surface area (Å²) in [4.78, 5) is 26.4. The number of carbonyl (C=O) groups is 2. The van der Waals surface area contributed by atoms with E-state index < -0.39 is 0 Å². The molecule has 1 saturated heterocycles. The number of carbonyl (C=O) groups excluding carboxylic acids is 2. The van der Waals surface area contributed by atoms with Gasteiger partial charge in [0.2, 0.25) is 5.91 Å². The Balaban J connectivity index is 2.01. The lowest BCUT2D eigenvalue weighted by Crippen LogP contribution is -2.41. The molecule has 1 heterocycles. The number of likely N-dealkylation sites (tertiary alicyclic amines) is 1. The molecule has 0 N–H and O–H groups in total. The Morgan fingerprint density at radius 1 is 1.16 bits per heavy atom. The summed E-state index contributed by atoms with van der Waals surface area (Å²) in [6.45, 7) is 9.53. The van der Waals surface area contributed by atoms with Gasteiger partial charge in [0.05, 0.1) is 26.1 Å². The van der Waals surface area contributed by atoms with Crippen molar-refractivity contribution in [2.24, 2.45) is 5.92 Å². The summed E-state index contributed by atoms with van der Waals surface area (Å²) in [6, 6.07) is 2.05. The van der Waals surface area contributed by atoms with Crippen LogP contribution in [0.2, 0.25) is 0 Å². The lowest BCUT2D eigenvalue weighted by Gasteiger charge is -2.31. The first-order valence-electron chi connectivity index (χ1n) is 8.97. The van der Waals surface area contributed by atoms with Gasteiger partial charge < -0.3 is 14.4 Å². The van der Waals surface area contributed by atoms with Gasteiger partial charge in [0, 0.05) is 13.1 Å². The normalized spacial score (nSPS) is 15.2. The molecular weight excluding hydrogens is 318 g/mol. The van der Waals surface area contributed by atoms with Gasteiger partial charge in [-0.1, -0.05) is 6.07 Å². The first-order valence-corrected chi connectivity index (χ1v) is 8.97. The Kier molecular flexibility index (Phi) is 6.45. The molecule has 0 saturated carbocycles. The smallest absolute Gasteiger partial charge is 0.309 e. The highest BCUT2D eigenvalue weighted by atomic mass is 16.5. The zero-order chi connectivity index (χ0) is 18.6. The van der Waals surface area contributed by atoms with Gasteiger partial charge in [-0.05, 0) is 62.8 Å². The topological polar surface area (TPSA) is 55.8 Å². The highest BCUT2D eigenvalue weighted by Gasteiger charge is 2.28. The van der Waals surface area contributed by atoms with E-state index in [0.717, 1.165) is 28.0 Å². The van der Waals surface area contributed by atoms with Crippen molar-refractivity contribution in [3.8, 4) is 5.75 Å². The molecule has 5 nitrogen and oxygen atoms in total. The summed E-state index contributed by atoms with van der Waals surface area (Å²) < 4.78 is 10.5. The van der Waals surface area contributed by atoms with E-state index in [-0.39, 0.29) is 17.8 Å². The Morgan fingerprint density at radius 3 is 2.36 bits per heavy atom. The number of hydrogen-bond acceptors (Lipinski definition) is 4. The van der Waals surface area contributed by atoms with Crippen LogP contribution >= 0.6 is 0 Å². The second-order valence-electron chi connectivity index (χ2n) is 6.72. The van der Waals surface area contributed by atoms with E-state index in [1.807, 2.05) is 38.7 Å². The molecule has 1 aliphatic heterocycles. The maximum Gasteiger partial charge on any atom is 0.309 e. The minimum atomic E-state index is -0.133. The SMILES string of the molecule is CCOC(=O)C1CCN(C(=O)Cc2cc(C)c(OC)c(C)c2C)CC1. The van der Waals surface area contributed by atoms with Gasteiger partial charge in [-0.3, -0.25) is 9.59 Å². The van der Waals surface area contributed by atoms with Crippen LogP contribution in [0.25, 0.3) is 0 Å². The van der Waals surface area contributed by atoms with E-state index in [2.05, 4.69) is 0 Å². The molecule has 25 heavy (non-hydrogen) atoms. The first-order chi connectivity index (χ1) is 11.9. The van der Waals surface area contributed by atoms with Crippen molar-refractivity contribution < 1.29 is 19.1 Å². The number of methoxy groups -OCH3 is 1. The van der Waals surface area contributed by atoms with Crippen molar-refractivity contribution >= 4 is 11.9 Å². The third-order valence-corrected chi connectivity index (χ3v) is 5.15. The van der Waals surface area contributed by atoms with E-state index in [1.165, 1.54) is 0 Å². The Morgan fingerprint density at radius 2 is 1.80 bits per heavy atom. The lowest BCUT2D eigenvalue weighted by molar-refractivity contribution is -0.151. The third-order valence-electron chi connectivity index (χ3n) is 5.15. The summed E-state index contributed by atoms with van der Waals surface area (Å²) in [5.41, 5.74) is 4.30. The van der Waals surface area contributed by atoms with E-state index >= 15 is 0 Å². The van der Waals surface area contributed by atoms with Crippen molar-refractivity contribution in [1.29, 1.82) is 0 Å². The molecule has 138 valence electrons. The van der Waals surface area contributed by atoms with Crippen LogP contribution < -0.4 is 4.74 Å². The van der Waals surface area contributed by atoms with Crippen LogP contribution in [0, 0.1) is 26.7 Å². The van der Waals surface area contributed by atoms with E-state index in [1.54, 1.807) is 7.11 Å². The predicted molar refractivity (Wildman–Crippen MR) is 96.8 cm³/mol. The lowest BCUT2D eigenvalue weighted by atomic mass is 9.94. The Bertz CT molecular complexity index is 646. The fourth-order valence-electron chi connectivity index (χ4n) is 3.54. The molecule has 0 spiro atoms. The molecule has 1 aromatic rings. The quantitative estimate of drug-likeness (QED) is 0.769. The van der Waals surface area contributed by atoms with Gasteiger partial charge in [0.15, 0.2) is 0 Å². The van der Waals surface area contributed by atoms with Gasteiger partial charge in [0.1, 0.15) is 5.75 Å². The predicted octanol–water partition coefficient (Wildman–Crippen LogP) is 2.96. The molecule has 1 fully saturated rings. The van der Waals surface area contributed by atoms with Crippen LogP contribution in [-0.4, -0.2) is 43.6 Å². The number of amides is 1. The third kappa shape index (κ3) is 4.33. The van der Waals surface area contributed by atoms with Crippen molar-refractivity contribution in [2.75, 3.05) is 26.8 Å². The number of esters is 1. The van der Waals surface area contributed by atoms with Crippen molar-refractivity contribution in [3.63, 3.8) is 0 Å². The van der Waals surface area contributed by atoms with Gasteiger partial charge in [0.25, 0.3) is 0 Å². The summed E-state index contributed by atoms with van der Waals surface area (Å²) in [5, 5.41) is 0. The average molecular weight is 347 g/mol. The summed E-state index contributed by atoms with van der Waals surface area (Å²) >= 11 is 0. The molecule has 0 bridgehead atoms. The van der Waals surface area contributed by atoms with E-state index in [9.17, 15) is 9.59 Å².